The number of benzene rings is 1. The van der Waals surface area contributed by atoms with E-state index in [0.29, 0.717) is 15.6 Å². The van der Waals surface area contributed by atoms with Gasteiger partial charge in [-0.15, -0.1) is 11.3 Å². The predicted octanol–water partition coefficient (Wildman–Crippen LogP) is 5.35. The van der Waals surface area contributed by atoms with Gasteiger partial charge in [-0.05, 0) is 39.7 Å². The molecule has 1 heterocycles. The fourth-order valence-corrected chi connectivity index (χ4v) is 3.49. The van der Waals surface area contributed by atoms with Crippen molar-refractivity contribution in [2.45, 2.75) is 6.42 Å². The van der Waals surface area contributed by atoms with E-state index >= 15 is 0 Å². The van der Waals surface area contributed by atoms with Crippen molar-refractivity contribution < 1.29 is 4.79 Å². The zero-order chi connectivity index (χ0) is 12.4. The zero-order valence-electron chi connectivity index (χ0n) is 8.54. The van der Waals surface area contributed by atoms with Crippen molar-refractivity contribution in [3.63, 3.8) is 0 Å². The van der Waals surface area contributed by atoms with Gasteiger partial charge in [0.2, 0.25) is 0 Å². The Bertz CT molecular complexity index is 546. The molecule has 2 rings (SSSR count). The number of carbonyl (C=O) groups excluding carboxylic acids is 1. The van der Waals surface area contributed by atoms with Gasteiger partial charge < -0.3 is 0 Å². The van der Waals surface area contributed by atoms with Crippen LogP contribution in [0.1, 0.15) is 15.2 Å². The normalized spacial score (nSPS) is 10.5. The van der Waals surface area contributed by atoms with Crippen LogP contribution in [0.5, 0.6) is 0 Å². The molecule has 17 heavy (non-hydrogen) atoms. The number of Topliss-reactive ketones (excluding diaryl/α,β-unsaturated/α-hetero) is 1. The molecule has 1 nitrogen and oxygen atoms in total. The van der Waals surface area contributed by atoms with Gasteiger partial charge in [-0.25, -0.2) is 0 Å². The SMILES string of the molecule is O=C(Cc1cccc(Br)c1)c1cc(Br)c(Cl)s1. The van der Waals surface area contributed by atoms with E-state index in [2.05, 4.69) is 31.9 Å². The molecule has 0 atom stereocenters. The van der Waals surface area contributed by atoms with Crippen LogP contribution in [0.4, 0.5) is 0 Å². The van der Waals surface area contributed by atoms with Crippen molar-refractivity contribution in [3.05, 3.63) is 54.1 Å². The first-order valence-electron chi connectivity index (χ1n) is 4.79. The van der Waals surface area contributed by atoms with Gasteiger partial charge in [-0.3, -0.25) is 4.79 Å². The van der Waals surface area contributed by atoms with Crippen LogP contribution in [-0.2, 0) is 6.42 Å². The van der Waals surface area contributed by atoms with E-state index in [9.17, 15) is 4.79 Å². The molecule has 0 saturated heterocycles. The third-order valence-electron chi connectivity index (χ3n) is 2.17. The summed E-state index contributed by atoms with van der Waals surface area (Å²) in [6.45, 7) is 0. The summed E-state index contributed by atoms with van der Waals surface area (Å²) in [6, 6.07) is 9.51. The summed E-state index contributed by atoms with van der Waals surface area (Å²) < 4.78 is 2.37. The van der Waals surface area contributed by atoms with Crippen LogP contribution in [0.3, 0.4) is 0 Å². The molecule has 0 aliphatic rings. The van der Waals surface area contributed by atoms with Gasteiger partial charge in [0.1, 0.15) is 4.34 Å². The molecular formula is C12H7Br2ClOS. The Morgan fingerprint density at radius 2 is 2.06 bits per heavy atom. The summed E-state index contributed by atoms with van der Waals surface area (Å²) in [5.74, 6) is 0.0840. The van der Waals surface area contributed by atoms with E-state index in [0.717, 1.165) is 14.5 Å². The second-order valence-electron chi connectivity index (χ2n) is 3.46. The Labute approximate surface area is 125 Å². The second kappa shape index (κ2) is 5.65. The summed E-state index contributed by atoms with van der Waals surface area (Å²) in [6.07, 6.45) is 0.392. The summed E-state index contributed by atoms with van der Waals surface area (Å²) in [7, 11) is 0. The Morgan fingerprint density at radius 1 is 1.29 bits per heavy atom. The van der Waals surface area contributed by atoms with Gasteiger partial charge in [-0.1, -0.05) is 39.7 Å². The Morgan fingerprint density at radius 3 is 2.65 bits per heavy atom. The molecule has 1 aromatic heterocycles. The number of halogens is 3. The third-order valence-corrected chi connectivity index (χ3v) is 5.18. The highest BCUT2D eigenvalue weighted by molar-refractivity contribution is 9.10. The van der Waals surface area contributed by atoms with E-state index in [1.165, 1.54) is 11.3 Å². The van der Waals surface area contributed by atoms with Crippen LogP contribution >= 0.6 is 54.8 Å². The highest BCUT2D eigenvalue weighted by atomic mass is 79.9. The number of ketones is 1. The molecular weight excluding hydrogens is 387 g/mol. The maximum absolute atomic E-state index is 12.0. The van der Waals surface area contributed by atoms with Crippen LogP contribution in [0.15, 0.2) is 39.3 Å². The second-order valence-corrected chi connectivity index (χ2v) is 6.89. The fourth-order valence-electron chi connectivity index (χ4n) is 1.40. The highest BCUT2D eigenvalue weighted by Crippen LogP contribution is 2.32. The van der Waals surface area contributed by atoms with Crippen LogP contribution < -0.4 is 0 Å². The number of hydrogen-bond donors (Lipinski definition) is 0. The van der Waals surface area contributed by atoms with Crippen molar-refractivity contribution >= 4 is 60.6 Å². The minimum absolute atomic E-state index is 0.0840. The maximum Gasteiger partial charge on any atom is 0.177 e. The molecule has 0 amide bonds. The Hall–Kier alpha value is -0.160. The lowest BCUT2D eigenvalue weighted by molar-refractivity contribution is 0.0997. The zero-order valence-corrected chi connectivity index (χ0v) is 13.3. The minimum atomic E-state index is 0.0840. The first-order chi connectivity index (χ1) is 8.06. The smallest absolute Gasteiger partial charge is 0.177 e. The summed E-state index contributed by atoms with van der Waals surface area (Å²) in [4.78, 5) is 12.7. The van der Waals surface area contributed by atoms with Gasteiger partial charge >= 0.3 is 0 Å². The molecule has 0 fully saturated rings. The van der Waals surface area contributed by atoms with E-state index in [1.807, 2.05) is 24.3 Å². The molecule has 0 saturated carbocycles. The van der Waals surface area contributed by atoms with Gasteiger partial charge in [0.05, 0.1) is 4.88 Å². The molecule has 0 N–H and O–H groups in total. The molecule has 5 heteroatoms. The summed E-state index contributed by atoms with van der Waals surface area (Å²) in [5.41, 5.74) is 0.991. The standard InChI is InChI=1S/C12H7Br2ClOS/c13-8-3-1-2-7(4-8)5-10(16)11-6-9(14)12(15)17-11/h1-4,6H,5H2. The quantitative estimate of drug-likeness (QED) is 0.641. The lowest BCUT2D eigenvalue weighted by Crippen LogP contribution is -2.00. The topological polar surface area (TPSA) is 17.1 Å². The van der Waals surface area contributed by atoms with Gasteiger partial charge in [-0.2, -0.15) is 0 Å². The van der Waals surface area contributed by atoms with Crippen LogP contribution in [-0.4, -0.2) is 5.78 Å². The molecule has 88 valence electrons. The van der Waals surface area contributed by atoms with Crippen molar-refractivity contribution in [2.75, 3.05) is 0 Å². The van der Waals surface area contributed by atoms with Gasteiger partial charge in [0.15, 0.2) is 5.78 Å². The minimum Gasteiger partial charge on any atom is -0.293 e. The van der Waals surface area contributed by atoms with E-state index in [1.54, 1.807) is 6.07 Å². The maximum atomic E-state index is 12.0. The average molecular weight is 395 g/mol. The van der Waals surface area contributed by atoms with Crippen LogP contribution in [0.25, 0.3) is 0 Å². The van der Waals surface area contributed by atoms with E-state index < -0.39 is 0 Å². The molecule has 0 bridgehead atoms. The monoisotopic (exact) mass is 392 g/mol. The number of hydrogen-bond acceptors (Lipinski definition) is 2. The molecule has 1 aromatic carbocycles. The van der Waals surface area contributed by atoms with E-state index in [4.69, 9.17) is 11.6 Å². The first-order valence-corrected chi connectivity index (χ1v) is 7.57. The highest BCUT2D eigenvalue weighted by Gasteiger charge is 2.12. The van der Waals surface area contributed by atoms with Crippen molar-refractivity contribution in [2.24, 2.45) is 0 Å². The first kappa shape index (κ1) is 13.3. The number of carbonyl (C=O) groups is 1. The van der Waals surface area contributed by atoms with Crippen LogP contribution in [0, 0.1) is 0 Å². The van der Waals surface area contributed by atoms with Gasteiger partial charge in [0, 0.05) is 15.4 Å². The van der Waals surface area contributed by atoms with Crippen molar-refractivity contribution in [3.8, 4) is 0 Å². The lowest BCUT2D eigenvalue weighted by Gasteiger charge is -1.99. The fraction of sp³-hybridized carbons (Fsp3) is 0.0833. The Kier molecular flexibility index (Phi) is 4.42. The summed E-state index contributed by atoms with van der Waals surface area (Å²) >= 11 is 13.9. The molecule has 0 aliphatic heterocycles. The predicted molar refractivity (Wildman–Crippen MR) is 79.2 cm³/mol. The van der Waals surface area contributed by atoms with Gasteiger partial charge in [0.25, 0.3) is 0 Å². The summed E-state index contributed by atoms with van der Waals surface area (Å²) in [5, 5.41) is 0. The van der Waals surface area contributed by atoms with E-state index in [-0.39, 0.29) is 5.78 Å². The average Bonchev–Trinajstić information content (AvgIpc) is 2.59. The number of rotatable bonds is 3. The number of thiophene rings is 1. The molecule has 0 spiro atoms. The molecule has 0 aliphatic carbocycles. The molecule has 0 radical (unpaired) electrons. The lowest BCUT2D eigenvalue weighted by atomic mass is 10.1. The molecule has 2 aromatic rings. The van der Waals surface area contributed by atoms with Crippen molar-refractivity contribution in [1.82, 2.24) is 0 Å². The molecule has 0 unspecified atom stereocenters. The largest absolute Gasteiger partial charge is 0.293 e. The van der Waals surface area contributed by atoms with Crippen LogP contribution in [0.2, 0.25) is 4.34 Å². The third kappa shape index (κ3) is 3.41. The van der Waals surface area contributed by atoms with Crippen molar-refractivity contribution in [1.29, 1.82) is 0 Å². The Balaban J connectivity index is 2.17.